The number of unbranched alkanes of at least 4 members (excludes halogenated alkanes) is 15. The van der Waals surface area contributed by atoms with Crippen molar-refractivity contribution >= 4 is 14.3 Å². The van der Waals surface area contributed by atoms with Gasteiger partial charge in [0.1, 0.15) is 0 Å². The van der Waals surface area contributed by atoms with Crippen LogP contribution in [0.1, 0.15) is 110 Å². The molecule has 0 N–H and O–H groups in total. The second-order valence-corrected chi connectivity index (χ2v) is 12.5. The molecule has 3 heteroatoms. The van der Waals surface area contributed by atoms with E-state index in [1.807, 2.05) is 0 Å². The molecular formula is C22H45O2Si. The van der Waals surface area contributed by atoms with Crippen molar-refractivity contribution in [1.82, 2.24) is 0 Å². The van der Waals surface area contributed by atoms with E-state index in [4.69, 9.17) is 4.43 Å². The lowest BCUT2D eigenvalue weighted by Crippen LogP contribution is -2.32. The van der Waals surface area contributed by atoms with Gasteiger partial charge in [0.15, 0.2) is 0 Å². The van der Waals surface area contributed by atoms with Crippen molar-refractivity contribution in [3.8, 4) is 0 Å². The Bertz CT molecular complexity index is 302. The molecule has 0 unspecified atom stereocenters. The molecule has 0 aliphatic heterocycles. The molecule has 149 valence electrons. The normalized spacial score (nSPS) is 11.7. The number of carbonyl (C=O) groups excluding carboxylic acids is 1. The van der Waals surface area contributed by atoms with Gasteiger partial charge < -0.3 is 4.43 Å². The molecule has 0 amide bonds. The van der Waals surface area contributed by atoms with E-state index in [1.165, 1.54) is 103 Å². The Labute approximate surface area is 159 Å². The maximum Gasteiger partial charge on any atom is 0.293 e. The van der Waals surface area contributed by atoms with Crippen LogP contribution in [0.2, 0.25) is 19.1 Å². The topological polar surface area (TPSA) is 26.3 Å². The first-order chi connectivity index (χ1) is 12.0. The van der Waals surface area contributed by atoms with Crippen LogP contribution in [0, 0.1) is 6.92 Å². The fourth-order valence-electron chi connectivity index (χ4n) is 3.46. The van der Waals surface area contributed by atoms with Crippen LogP contribution in [0.25, 0.3) is 0 Å². The maximum atomic E-state index is 10.9. The average molecular weight is 370 g/mol. The summed E-state index contributed by atoms with van der Waals surface area (Å²) in [6, 6.07) is 1.08. The highest BCUT2D eigenvalue weighted by Gasteiger charge is 2.24. The summed E-state index contributed by atoms with van der Waals surface area (Å²) >= 11 is 0. The minimum absolute atomic E-state index is 0.354. The van der Waals surface area contributed by atoms with Crippen molar-refractivity contribution in [2.24, 2.45) is 0 Å². The van der Waals surface area contributed by atoms with Gasteiger partial charge in [-0.15, -0.1) is 0 Å². The van der Waals surface area contributed by atoms with E-state index in [0.29, 0.717) is 0 Å². The summed E-state index contributed by atoms with van der Waals surface area (Å²) in [5.41, 5.74) is 0. The molecule has 0 aliphatic carbocycles. The molecule has 25 heavy (non-hydrogen) atoms. The Morgan fingerprint density at radius 1 is 0.680 bits per heavy atom. The van der Waals surface area contributed by atoms with Crippen LogP contribution in [-0.4, -0.2) is 14.3 Å². The van der Waals surface area contributed by atoms with E-state index in [9.17, 15) is 4.79 Å². The van der Waals surface area contributed by atoms with E-state index in [1.54, 1.807) is 0 Å². The van der Waals surface area contributed by atoms with Gasteiger partial charge in [0.05, 0.1) is 6.92 Å². The SMILES string of the molecule is [CH2]C(=O)O[Si](C)(C)CCCCCCCCCCCCCCCCCC. The van der Waals surface area contributed by atoms with E-state index in [2.05, 4.69) is 26.9 Å². The highest BCUT2D eigenvalue weighted by molar-refractivity contribution is 6.72. The highest BCUT2D eigenvalue weighted by atomic mass is 28.4. The molecule has 0 bridgehead atoms. The van der Waals surface area contributed by atoms with E-state index < -0.39 is 8.32 Å². The lowest BCUT2D eigenvalue weighted by Gasteiger charge is -2.21. The lowest BCUT2D eigenvalue weighted by molar-refractivity contribution is -0.130. The fraction of sp³-hybridized carbons (Fsp3) is 0.909. The van der Waals surface area contributed by atoms with Crippen LogP contribution in [0.15, 0.2) is 0 Å². The van der Waals surface area contributed by atoms with Gasteiger partial charge in [-0.05, 0) is 19.1 Å². The summed E-state index contributed by atoms with van der Waals surface area (Å²) in [5.74, 6) is -0.354. The summed E-state index contributed by atoms with van der Waals surface area (Å²) < 4.78 is 5.35. The molecule has 0 spiro atoms. The smallest absolute Gasteiger partial charge is 0.293 e. The Kier molecular flexibility index (Phi) is 16.9. The molecule has 0 aromatic heterocycles. The number of carbonyl (C=O) groups is 1. The number of rotatable bonds is 18. The van der Waals surface area contributed by atoms with E-state index in [-0.39, 0.29) is 5.97 Å². The van der Waals surface area contributed by atoms with Crippen LogP contribution in [0.3, 0.4) is 0 Å². The third-order valence-corrected chi connectivity index (χ3v) is 7.36. The molecule has 0 atom stereocenters. The average Bonchev–Trinajstić information content (AvgIpc) is 2.53. The summed E-state index contributed by atoms with van der Waals surface area (Å²) in [6.45, 7) is 9.83. The molecule has 0 fully saturated rings. The molecule has 0 saturated carbocycles. The molecule has 0 heterocycles. The Morgan fingerprint density at radius 3 is 1.32 bits per heavy atom. The standard InChI is InChI=1S/C22H45O2Si/c1-5-6-7-8-9-10-11-12-13-14-15-16-17-18-19-20-21-25(3,4)24-22(2)23/h2,5-21H2,1,3-4H3. The van der Waals surface area contributed by atoms with Gasteiger partial charge in [-0.1, -0.05) is 110 Å². The van der Waals surface area contributed by atoms with Gasteiger partial charge in [-0.2, -0.15) is 0 Å². The lowest BCUT2D eigenvalue weighted by atomic mass is 10.0. The number of hydrogen-bond acceptors (Lipinski definition) is 2. The Hall–Kier alpha value is -0.313. The molecule has 2 nitrogen and oxygen atoms in total. The Morgan fingerprint density at radius 2 is 1.00 bits per heavy atom. The van der Waals surface area contributed by atoms with Gasteiger partial charge in [0, 0.05) is 0 Å². The quantitative estimate of drug-likeness (QED) is 0.182. The van der Waals surface area contributed by atoms with E-state index >= 15 is 0 Å². The van der Waals surface area contributed by atoms with Gasteiger partial charge in [-0.3, -0.25) is 4.79 Å². The zero-order valence-corrected chi connectivity index (χ0v) is 18.5. The maximum absolute atomic E-state index is 10.9. The van der Waals surface area contributed by atoms with Crippen LogP contribution >= 0.6 is 0 Å². The van der Waals surface area contributed by atoms with E-state index in [0.717, 1.165) is 6.04 Å². The first kappa shape index (κ1) is 24.7. The van der Waals surface area contributed by atoms with Crippen LogP contribution in [-0.2, 0) is 9.22 Å². The minimum atomic E-state index is -1.79. The first-order valence-electron chi connectivity index (χ1n) is 11.0. The molecule has 0 aromatic rings. The first-order valence-corrected chi connectivity index (χ1v) is 14.1. The molecular weight excluding hydrogens is 324 g/mol. The molecule has 0 aliphatic rings. The minimum Gasteiger partial charge on any atom is -0.520 e. The summed E-state index contributed by atoms with van der Waals surface area (Å²) in [6.07, 6.45) is 22.3. The molecule has 0 rings (SSSR count). The van der Waals surface area contributed by atoms with Gasteiger partial charge in [0.2, 0.25) is 8.32 Å². The monoisotopic (exact) mass is 369 g/mol. The van der Waals surface area contributed by atoms with Gasteiger partial charge >= 0.3 is 0 Å². The summed E-state index contributed by atoms with van der Waals surface area (Å²) in [7, 11) is -1.79. The number of hydrogen-bond donors (Lipinski definition) is 0. The fourth-order valence-corrected chi connectivity index (χ4v) is 5.28. The van der Waals surface area contributed by atoms with Crippen molar-refractivity contribution in [3.63, 3.8) is 0 Å². The van der Waals surface area contributed by atoms with Crippen molar-refractivity contribution < 1.29 is 9.22 Å². The zero-order valence-electron chi connectivity index (χ0n) is 17.5. The highest BCUT2D eigenvalue weighted by Crippen LogP contribution is 2.18. The van der Waals surface area contributed by atoms with Crippen LogP contribution in [0.4, 0.5) is 0 Å². The van der Waals surface area contributed by atoms with Crippen LogP contribution < -0.4 is 0 Å². The Balaban J connectivity index is 3.18. The van der Waals surface area contributed by atoms with Crippen molar-refractivity contribution in [2.75, 3.05) is 0 Å². The molecule has 0 saturated heterocycles. The third-order valence-electron chi connectivity index (χ3n) is 5.02. The van der Waals surface area contributed by atoms with Crippen molar-refractivity contribution in [3.05, 3.63) is 6.92 Å². The third kappa shape index (κ3) is 19.9. The molecule has 1 radical (unpaired) electrons. The zero-order chi connectivity index (χ0) is 18.8. The predicted molar refractivity (Wildman–Crippen MR) is 113 cm³/mol. The van der Waals surface area contributed by atoms with Crippen molar-refractivity contribution in [2.45, 2.75) is 129 Å². The van der Waals surface area contributed by atoms with Gasteiger partial charge in [0.25, 0.3) is 5.97 Å². The van der Waals surface area contributed by atoms with Crippen molar-refractivity contribution in [1.29, 1.82) is 0 Å². The second kappa shape index (κ2) is 17.1. The molecule has 0 aromatic carbocycles. The largest absolute Gasteiger partial charge is 0.520 e. The summed E-state index contributed by atoms with van der Waals surface area (Å²) in [4.78, 5) is 10.9. The van der Waals surface area contributed by atoms with Crippen LogP contribution in [0.5, 0.6) is 0 Å². The summed E-state index contributed by atoms with van der Waals surface area (Å²) in [5, 5.41) is 0. The van der Waals surface area contributed by atoms with Gasteiger partial charge in [-0.25, -0.2) is 0 Å². The predicted octanol–water partition coefficient (Wildman–Crippen LogP) is 7.83. The second-order valence-electron chi connectivity index (χ2n) is 8.29.